The Morgan fingerprint density at radius 2 is 1.56 bits per heavy atom. The summed E-state index contributed by atoms with van der Waals surface area (Å²) in [5.74, 6) is -0.0728. The van der Waals surface area contributed by atoms with Crippen molar-refractivity contribution in [2.75, 3.05) is 31.9 Å². The van der Waals surface area contributed by atoms with Gasteiger partial charge in [-0.2, -0.15) is 0 Å². The molecule has 0 aliphatic carbocycles. The molecule has 4 nitrogen and oxygen atoms in total. The zero-order valence-electron chi connectivity index (χ0n) is 14.7. The van der Waals surface area contributed by atoms with Crippen molar-refractivity contribution in [2.45, 2.75) is 11.3 Å². The van der Waals surface area contributed by atoms with Gasteiger partial charge >= 0.3 is 0 Å². The van der Waals surface area contributed by atoms with Gasteiger partial charge in [-0.3, -0.25) is 9.59 Å². The Hall–Kier alpha value is -2.05. The number of amides is 2. The Kier molecular flexibility index (Phi) is 6.74. The second kappa shape index (κ2) is 9.24. The predicted molar refractivity (Wildman–Crippen MR) is 106 cm³/mol. The number of carbonyl (C=O) groups is 2. The van der Waals surface area contributed by atoms with E-state index in [1.165, 1.54) is 36.0 Å². The standard InChI is InChI=1S/C20H20ClFN2O2S/c21-16-4-8-18(9-5-16)27-14-19(25)23-10-1-11-24(13-12-23)20(26)15-2-6-17(22)7-3-15/h2-9H,1,10-14H2. The number of halogens is 2. The molecule has 0 bridgehead atoms. The van der Waals surface area contributed by atoms with Gasteiger partial charge in [0.1, 0.15) is 5.82 Å². The Morgan fingerprint density at radius 1 is 0.926 bits per heavy atom. The molecule has 0 atom stereocenters. The number of thioether (sulfide) groups is 1. The number of benzene rings is 2. The molecule has 27 heavy (non-hydrogen) atoms. The van der Waals surface area contributed by atoms with Gasteiger partial charge in [0.2, 0.25) is 5.91 Å². The van der Waals surface area contributed by atoms with E-state index < -0.39 is 0 Å². The molecule has 3 rings (SSSR count). The van der Waals surface area contributed by atoms with Gasteiger partial charge in [-0.05, 0) is 55.0 Å². The number of rotatable bonds is 4. The molecule has 1 saturated heterocycles. The van der Waals surface area contributed by atoms with Crippen LogP contribution in [0, 0.1) is 5.82 Å². The van der Waals surface area contributed by atoms with Crippen LogP contribution in [0.4, 0.5) is 4.39 Å². The maximum Gasteiger partial charge on any atom is 0.253 e. The first-order valence-electron chi connectivity index (χ1n) is 8.74. The zero-order valence-corrected chi connectivity index (χ0v) is 16.3. The van der Waals surface area contributed by atoms with Crippen LogP contribution in [0.5, 0.6) is 0 Å². The van der Waals surface area contributed by atoms with Gasteiger partial charge in [0.15, 0.2) is 0 Å². The average Bonchev–Trinajstić information content (AvgIpc) is 2.94. The lowest BCUT2D eigenvalue weighted by atomic mass is 10.2. The number of hydrogen-bond donors (Lipinski definition) is 0. The summed E-state index contributed by atoms with van der Waals surface area (Å²) >= 11 is 7.35. The highest BCUT2D eigenvalue weighted by molar-refractivity contribution is 8.00. The normalized spacial score (nSPS) is 14.7. The Morgan fingerprint density at radius 3 is 2.26 bits per heavy atom. The van der Waals surface area contributed by atoms with Gasteiger partial charge in [0.05, 0.1) is 5.75 Å². The quantitative estimate of drug-likeness (QED) is 0.722. The lowest BCUT2D eigenvalue weighted by Gasteiger charge is -2.22. The number of hydrogen-bond acceptors (Lipinski definition) is 3. The molecule has 0 unspecified atom stereocenters. The summed E-state index contributed by atoms with van der Waals surface area (Å²) in [5, 5.41) is 0.670. The third-order valence-electron chi connectivity index (χ3n) is 4.40. The fraction of sp³-hybridized carbons (Fsp3) is 0.300. The monoisotopic (exact) mass is 406 g/mol. The molecule has 2 amide bonds. The van der Waals surface area contributed by atoms with Crippen LogP contribution in [-0.2, 0) is 4.79 Å². The van der Waals surface area contributed by atoms with Gasteiger partial charge < -0.3 is 9.80 Å². The van der Waals surface area contributed by atoms with E-state index in [2.05, 4.69) is 0 Å². The first kappa shape index (κ1) is 19.7. The summed E-state index contributed by atoms with van der Waals surface area (Å²) in [4.78, 5) is 29.6. The van der Waals surface area contributed by atoms with Crippen LogP contribution in [0.25, 0.3) is 0 Å². The van der Waals surface area contributed by atoms with Crippen LogP contribution in [0.1, 0.15) is 16.8 Å². The molecule has 2 aromatic rings. The van der Waals surface area contributed by atoms with Crippen molar-refractivity contribution in [3.05, 3.63) is 64.9 Å². The summed E-state index contributed by atoms with van der Waals surface area (Å²) in [6.45, 7) is 2.21. The third-order valence-corrected chi connectivity index (χ3v) is 5.65. The van der Waals surface area contributed by atoms with E-state index in [0.29, 0.717) is 42.5 Å². The van der Waals surface area contributed by atoms with Crippen LogP contribution < -0.4 is 0 Å². The van der Waals surface area contributed by atoms with Crippen molar-refractivity contribution in [1.29, 1.82) is 0 Å². The topological polar surface area (TPSA) is 40.6 Å². The van der Waals surface area contributed by atoms with Crippen molar-refractivity contribution in [2.24, 2.45) is 0 Å². The molecular formula is C20H20ClFN2O2S. The summed E-state index contributed by atoms with van der Waals surface area (Å²) in [6.07, 6.45) is 0.726. The van der Waals surface area contributed by atoms with Crippen LogP contribution in [0.2, 0.25) is 5.02 Å². The van der Waals surface area contributed by atoms with Crippen molar-refractivity contribution >= 4 is 35.2 Å². The largest absolute Gasteiger partial charge is 0.340 e. The smallest absolute Gasteiger partial charge is 0.253 e. The van der Waals surface area contributed by atoms with Crippen LogP contribution in [0.3, 0.4) is 0 Å². The zero-order chi connectivity index (χ0) is 19.2. The highest BCUT2D eigenvalue weighted by Gasteiger charge is 2.22. The second-order valence-electron chi connectivity index (χ2n) is 6.28. The van der Waals surface area contributed by atoms with E-state index in [1.807, 2.05) is 12.1 Å². The molecule has 0 spiro atoms. The van der Waals surface area contributed by atoms with E-state index in [4.69, 9.17) is 11.6 Å². The first-order chi connectivity index (χ1) is 13.0. The Bertz CT molecular complexity index is 799. The molecule has 0 aromatic heterocycles. The minimum absolute atomic E-state index is 0.0611. The van der Waals surface area contributed by atoms with Gasteiger partial charge in [-0.25, -0.2) is 4.39 Å². The third kappa shape index (κ3) is 5.47. The van der Waals surface area contributed by atoms with Crippen molar-refractivity contribution in [3.8, 4) is 0 Å². The lowest BCUT2D eigenvalue weighted by molar-refractivity contribution is -0.128. The van der Waals surface area contributed by atoms with Crippen LogP contribution >= 0.6 is 23.4 Å². The minimum Gasteiger partial charge on any atom is -0.340 e. The molecule has 7 heteroatoms. The maximum absolute atomic E-state index is 13.0. The fourth-order valence-electron chi connectivity index (χ4n) is 2.91. The summed E-state index contributed by atoms with van der Waals surface area (Å²) < 4.78 is 13.0. The molecule has 0 radical (unpaired) electrons. The lowest BCUT2D eigenvalue weighted by Crippen LogP contribution is -2.38. The van der Waals surface area contributed by atoms with E-state index >= 15 is 0 Å². The first-order valence-corrected chi connectivity index (χ1v) is 10.1. The average molecular weight is 407 g/mol. The second-order valence-corrected chi connectivity index (χ2v) is 7.76. The number of nitrogens with zero attached hydrogens (tertiary/aromatic N) is 2. The molecule has 1 fully saturated rings. The van der Waals surface area contributed by atoms with E-state index in [0.717, 1.165) is 11.3 Å². The van der Waals surface area contributed by atoms with Crippen molar-refractivity contribution in [3.63, 3.8) is 0 Å². The molecular weight excluding hydrogens is 387 g/mol. The van der Waals surface area contributed by atoms with Gasteiger partial charge in [0, 0.05) is 41.7 Å². The molecule has 0 saturated carbocycles. The van der Waals surface area contributed by atoms with Crippen molar-refractivity contribution in [1.82, 2.24) is 9.80 Å². The minimum atomic E-state index is -0.364. The van der Waals surface area contributed by atoms with E-state index in [1.54, 1.807) is 21.9 Å². The predicted octanol–water partition coefficient (Wildman–Crippen LogP) is 3.95. The molecule has 1 aliphatic rings. The fourth-order valence-corrected chi connectivity index (χ4v) is 3.84. The molecule has 142 valence electrons. The van der Waals surface area contributed by atoms with Crippen LogP contribution in [-0.4, -0.2) is 53.5 Å². The molecule has 0 N–H and O–H groups in total. The number of carbonyl (C=O) groups excluding carboxylic acids is 2. The molecule has 1 aliphatic heterocycles. The van der Waals surface area contributed by atoms with E-state index in [9.17, 15) is 14.0 Å². The highest BCUT2D eigenvalue weighted by atomic mass is 35.5. The summed E-state index contributed by atoms with van der Waals surface area (Å²) in [6, 6.07) is 13.0. The van der Waals surface area contributed by atoms with E-state index in [-0.39, 0.29) is 17.6 Å². The Labute approximate surface area is 167 Å². The summed E-state index contributed by atoms with van der Waals surface area (Å²) in [7, 11) is 0. The molecule has 2 aromatic carbocycles. The van der Waals surface area contributed by atoms with Gasteiger partial charge in [-0.15, -0.1) is 11.8 Å². The highest BCUT2D eigenvalue weighted by Crippen LogP contribution is 2.21. The SMILES string of the molecule is O=C(CSc1ccc(Cl)cc1)N1CCCN(C(=O)c2ccc(F)cc2)CC1. The maximum atomic E-state index is 13.0. The molecule has 1 heterocycles. The van der Waals surface area contributed by atoms with Gasteiger partial charge in [-0.1, -0.05) is 11.6 Å². The van der Waals surface area contributed by atoms with Crippen LogP contribution in [0.15, 0.2) is 53.4 Å². The Balaban J connectivity index is 1.52. The van der Waals surface area contributed by atoms with Crippen molar-refractivity contribution < 1.29 is 14.0 Å². The summed E-state index contributed by atoms with van der Waals surface area (Å²) in [5.41, 5.74) is 0.467. The van der Waals surface area contributed by atoms with Gasteiger partial charge in [0.25, 0.3) is 5.91 Å².